The highest BCUT2D eigenvalue weighted by atomic mass is 16.5. The van der Waals surface area contributed by atoms with Gasteiger partial charge in [-0.1, -0.05) is 0 Å². The molecule has 0 atom stereocenters. The Hall–Kier alpha value is -2.09. The quantitative estimate of drug-likeness (QED) is 0.680. The fourth-order valence-electron chi connectivity index (χ4n) is 1.05. The van der Waals surface area contributed by atoms with Crippen LogP contribution in [0.15, 0.2) is 12.3 Å². The zero-order valence-corrected chi connectivity index (χ0v) is 8.48. The van der Waals surface area contributed by atoms with Crippen molar-refractivity contribution in [3.05, 3.63) is 23.5 Å². The van der Waals surface area contributed by atoms with Crippen molar-refractivity contribution in [1.29, 1.82) is 5.26 Å². The van der Waals surface area contributed by atoms with E-state index in [4.69, 9.17) is 10.00 Å². The number of pyridine rings is 1. The number of carbonyl (C=O) groups excluding carboxylic acids is 1. The van der Waals surface area contributed by atoms with Gasteiger partial charge in [-0.25, -0.2) is 0 Å². The van der Waals surface area contributed by atoms with Crippen molar-refractivity contribution >= 4 is 5.97 Å². The summed E-state index contributed by atoms with van der Waals surface area (Å²) in [6.45, 7) is 0. The second-order valence-electron chi connectivity index (χ2n) is 2.74. The summed E-state index contributed by atoms with van der Waals surface area (Å²) in [5.41, 5.74) is 0.851. The van der Waals surface area contributed by atoms with Crippen molar-refractivity contribution in [2.24, 2.45) is 0 Å². The van der Waals surface area contributed by atoms with E-state index in [0.29, 0.717) is 17.0 Å². The number of ether oxygens (including phenoxy) is 2. The Kier molecular flexibility index (Phi) is 3.63. The van der Waals surface area contributed by atoms with E-state index in [2.05, 4.69) is 9.72 Å². The molecule has 0 bridgehead atoms. The molecule has 0 aliphatic carbocycles. The van der Waals surface area contributed by atoms with Gasteiger partial charge in [0.15, 0.2) is 0 Å². The van der Waals surface area contributed by atoms with Crippen LogP contribution in [0.2, 0.25) is 0 Å². The van der Waals surface area contributed by atoms with Crippen LogP contribution in [-0.4, -0.2) is 25.2 Å². The third kappa shape index (κ3) is 2.68. The lowest BCUT2D eigenvalue weighted by Crippen LogP contribution is -2.06. The van der Waals surface area contributed by atoms with Gasteiger partial charge in [0.25, 0.3) is 0 Å². The van der Waals surface area contributed by atoms with E-state index in [0.717, 1.165) is 0 Å². The van der Waals surface area contributed by atoms with Gasteiger partial charge in [-0.2, -0.15) is 5.26 Å². The molecule has 0 unspecified atom stereocenters. The molecule has 15 heavy (non-hydrogen) atoms. The molecule has 0 aliphatic heterocycles. The van der Waals surface area contributed by atoms with Crippen LogP contribution in [0.25, 0.3) is 0 Å². The van der Waals surface area contributed by atoms with Crippen molar-refractivity contribution in [2.45, 2.75) is 6.42 Å². The summed E-state index contributed by atoms with van der Waals surface area (Å²) in [7, 11) is 2.77. The lowest BCUT2D eigenvalue weighted by atomic mass is 10.2. The van der Waals surface area contributed by atoms with Gasteiger partial charge < -0.3 is 9.47 Å². The van der Waals surface area contributed by atoms with Crippen LogP contribution in [0.3, 0.4) is 0 Å². The van der Waals surface area contributed by atoms with Gasteiger partial charge >= 0.3 is 5.97 Å². The summed E-state index contributed by atoms with van der Waals surface area (Å²) < 4.78 is 9.48. The highest BCUT2D eigenvalue weighted by Gasteiger charge is 2.08. The molecule has 5 heteroatoms. The summed E-state index contributed by atoms with van der Waals surface area (Å²) in [6, 6.07) is 3.49. The van der Waals surface area contributed by atoms with Crippen LogP contribution in [-0.2, 0) is 16.0 Å². The van der Waals surface area contributed by atoms with Gasteiger partial charge in [0.05, 0.1) is 26.3 Å². The average Bonchev–Trinajstić information content (AvgIpc) is 2.28. The van der Waals surface area contributed by atoms with Crippen molar-refractivity contribution in [2.75, 3.05) is 14.2 Å². The van der Waals surface area contributed by atoms with E-state index in [1.807, 2.05) is 6.07 Å². The lowest BCUT2D eigenvalue weighted by molar-refractivity contribution is -0.139. The molecule has 0 fully saturated rings. The third-order valence-electron chi connectivity index (χ3n) is 1.82. The van der Waals surface area contributed by atoms with Crippen molar-refractivity contribution < 1.29 is 14.3 Å². The third-order valence-corrected chi connectivity index (χ3v) is 1.82. The number of methoxy groups -OCH3 is 2. The molecule has 5 nitrogen and oxygen atoms in total. The first-order valence-corrected chi connectivity index (χ1v) is 4.21. The molecule has 0 radical (unpaired) electrons. The molecule has 1 rings (SSSR count). The van der Waals surface area contributed by atoms with E-state index >= 15 is 0 Å². The Labute approximate surface area is 87.3 Å². The molecule has 1 aromatic rings. The van der Waals surface area contributed by atoms with E-state index in [9.17, 15) is 4.79 Å². The van der Waals surface area contributed by atoms with Gasteiger partial charge in [-0.15, -0.1) is 0 Å². The molecule has 0 aliphatic rings. The number of aromatic nitrogens is 1. The Morgan fingerprint density at radius 3 is 2.87 bits per heavy atom. The summed E-state index contributed by atoms with van der Waals surface area (Å²) in [6.07, 6.45) is 1.44. The molecule has 0 amide bonds. The predicted octanol–water partition coefficient (Wildman–Crippen LogP) is 0.677. The number of nitriles is 1. The SMILES string of the molecule is COC(=O)Cc1cc(OC)c(C#N)cn1. The van der Waals surface area contributed by atoms with Crippen molar-refractivity contribution in [3.63, 3.8) is 0 Å². The maximum Gasteiger partial charge on any atom is 0.311 e. The van der Waals surface area contributed by atoms with Crippen LogP contribution >= 0.6 is 0 Å². The zero-order valence-electron chi connectivity index (χ0n) is 8.48. The highest BCUT2D eigenvalue weighted by Crippen LogP contribution is 2.17. The van der Waals surface area contributed by atoms with Gasteiger partial charge in [-0.05, 0) is 0 Å². The predicted molar refractivity (Wildman–Crippen MR) is 51.2 cm³/mol. The first kappa shape index (κ1) is 11.0. The van der Waals surface area contributed by atoms with Gasteiger partial charge in [0.1, 0.15) is 17.4 Å². The maximum absolute atomic E-state index is 11.0. The second-order valence-corrected chi connectivity index (χ2v) is 2.74. The molecular formula is C10H10N2O3. The van der Waals surface area contributed by atoms with E-state index in [1.54, 1.807) is 6.07 Å². The average molecular weight is 206 g/mol. The molecule has 78 valence electrons. The van der Waals surface area contributed by atoms with Crippen LogP contribution < -0.4 is 4.74 Å². The molecule has 1 heterocycles. The molecule has 1 aromatic heterocycles. The topological polar surface area (TPSA) is 72.2 Å². The minimum absolute atomic E-state index is 0.0680. The number of hydrogen-bond donors (Lipinski definition) is 0. The van der Waals surface area contributed by atoms with Crippen LogP contribution in [0.4, 0.5) is 0 Å². The second kappa shape index (κ2) is 4.96. The van der Waals surface area contributed by atoms with E-state index < -0.39 is 0 Å². The van der Waals surface area contributed by atoms with Crippen LogP contribution in [0.1, 0.15) is 11.3 Å². The maximum atomic E-state index is 11.0. The summed E-state index contributed by atoms with van der Waals surface area (Å²) in [5, 5.41) is 8.71. The largest absolute Gasteiger partial charge is 0.495 e. The number of hydrogen-bond acceptors (Lipinski definition) is 5. The highest BCUT2D eigenvalue weighted by molar-refractivity contribution is 5.72. The molecule has 0 spiro atoms. The number of esters is 1. The fourth-order valence-corrected chi connectivity index (χ4v) is 1.05. The molecule has 0 N–H and O–H groups in total. The van der Waals surface area contributed by atoms with Crippen molar-refractivity contribution in [1.82, 2.24) is 4.98 Å². The monoisotopic (exact) mass is 206 g/mol. The summed E-state index contributed by atoms with van der Waals surface area (Å²) >= 11 is 0. The van der Waals surface area contributed by atoms with Crippen LogP contribution in [0.5, 0.6) is 5.75 Å². The fraction of sp³-hybridized carbons (Fsp3) is 0.300. The van der Waals surface area contributed by atoms with E-state index in [-0.39, 0.29) is 12.4 Å². The Balaban J connectivity index is 2.94. The minimum atomic E-state index is -0.380. The first-order valence-electron chi connectivity index (χ1n) is 4.21. The number of nitrogens with zero attached hydrogens (tertiary/aromatic N) is 2. The number of rotatable bonds is 3. The minimum Gasteiger partial charge on any atom is -0.495 e. The summed E-state index contributed by atoms with van der Waals surface area (Å²) in [4.78, 5) is 14.9. The summed E-state index contributed by atoms with van der Waals surface area (Å²) in [5.74, 6) is 0.0284. The molecular weight excluding hydrogens is 196 g/mol. The smallest absolute Gasteiger partial charge is 0.311 e. The number of carbonyl (C=O) groups is 1. The molecule has 0 saturated heterocycles. The Morgan fingerprint density at radius 1 is 1.60 bits per heavy atom. The molecule has 0 saturated carbocycles. The Morgan fingerprint density at radius 2 is 2.33 bits per heavy atom. The van der Waals surface area contributed by atoms with Gasteiger partial charge in [-0.3, -0.25) is 9.78 Å². The van der Waals surface area contributed by atoms with Crippen LogP contribution in [0, 0.1) is 11.3 Å². The zero-order chi connectivity index (χ0) is 11.3. The van der Waals surface area contributed by atoms with E-state index in [1.165, 1.54) is 20.4 Å². The lowest BCUT2D eigenvalue weighted by Gasteiger charge is -2.04. The van der Waals surface area contributed by atoms with Crippen molar-refractivity contribution in [3.8, 4) is 11.8 Å². The normalized spacial score (nSPS) is 9.13. The Bertz CT molecular complexity index is 410. The van der Waals surface area contributed by atoms with Gasteiger partial charge in [0.2, 0.25) is 0 Å². The first-order chi connectivity index (χ1) is 7.21. The van der Waals surface area contributed by atoms with Gasteiger partial charge in [0, 0.05) is 12.3 Å². The molecule has 0 aromatic carbocycles. The standard InChI is InChI=1S/C10H10N2O3/c1-14-9-3-8(4-10(13)15-2)12-6-7(9)5-11/h3,6H,4H2,1-2H3.